The summed E-state index contributed by atoms with van der Waals surface area (Å²) in [5.74, 6) is -1.49. The van der Waals surface area contributed by atoms with Crippen LogP contribution in [0.1, 0.15) is 75.7 Å². The number of anilines is 3. The fourth-order valence-electron chi connectivity index (χ4n) is 6.16. The molecule has 5 rings (SSSR count). The van der Waals surface area contributed by atoms with Crippen molar-refractivity contribution in [3.05, 3.63) is 45.4 Å². The van der Waals surface area contributed by atoms with E-state index >= 15 is 0 Å². The van der Waals surface area contributed by atoms with Crippen LogP contribution in [0, 0.1) is 11.3 Å². The van der Waals surface area contributed by atoms with Gasteiger partial charge in [-0.2, -0.15) is 13.2 Å². The monoisotopic (exact) mass is 696 g/mol. The lowest BCUT2D eigenvalue weighted by Gasteiger charge is -2.31. The number of imidazole rings is 1. The van der Waals surface area contributed by atoms with E-state index in [-0.39, 0.29) is 44.2 Å². The third-order valence-corrected chi connectivity index (χ3v) is 9.84. The zero-order valence-corrected chi connectivity index (χ0v) is 28.6. The average molecular weight is 698 g/mol. The van der Waals surface area contributed by atoms with Crippen LogP contribution in [0.5, 0.6) is 0 Å². The lowest BCUT2D eigenvalue weighted by Crippen LogP contribution is -2.40. The molecule has 2 aromatic carbocycles. The highest BCUT2D eigenvalue weighted by molar-refractivity contribution is 6.39. The number of aryl methyl sites for hydroxylation is 1. The van der Waals surface area contributed by atoms with Crippen molar-refractivity contribution in [2.24, 2.45) is 18.4 Å². The Hall–Kier alpha value is -3.22. The lowest BCUT2D eigenvalue weighted by molar-refractivity contribution is -0.182. The second-order valence-electron chi connectivity index (χ2n) is 14.0. The van der Waals surface area contributed by atoms with E-state index in [1.807, 2.05) is 31.7 Å². The molecule has 2 fully saturated rings. The number of hydrogen-bond acceptors (Lipinski definition) is 6. The molecule has 2 amide bonds. The van der Waals surface area contributed by atoms with E-state index < -0.39 is 29.0 Å². The van der Waals surface area contributed by atoms with Gasteiger partial charge in [-0.25, -0.2) is 4.98 Å². The first kappa shape index (κ1) is 35.1. The number of halogens is 5. The van der Waals surface area contributed by atoms with Gasteiger partial charge in [0.15, 0.2) is 0 Å². The van der Waals surface area contributed by atoms with E-state index in [0.717, 1.165) is 0 Å². The maximum atomic E-state index is 13.7. The molecule has 0 radical (unpaired) electrons. The number of β-amino-alcohol motifs (C(OH)–C–C–N with tert-alkyl or cyclic N) is 1. The van der Waals surface area contributed by atoms with E-state index in [1.54, 1.807) is 36.7 Å². The van der Waals surface area contributed by atoms with Gasteiger partial charge in [0.2, 0.25) is 11.9 Å². The van der Waals surface area contributed by atoms with Gasteiger partial charge in [0.1, 0.15) is 0 Å². The van der Waals surface area contributed by atoms with Crippen molar-refractivity contribution in [1.29, 1.82) is 0 Å². The highest BCUT2D eigenvalue weighted by atomic mass is 35.5. The Morgan fingerprint density at radius 1 is 1.11 bits per heavy atom. The number of aromatic nitrogens is 2. The second-order valence-corrected chi connectivity index (χ2v) is 14.8. The molecule has 47 heavy (non-hydrogen) atoms. The number of nitrogens with zero attached hydrogens (tertiary/aromatic N) is 3. The number of nitrogens with one attached hydrogen (secondary N) is 3. The van der Waals surface area contributed by atoms with Crippen molar-refractivity contribution < 1.29 is 27.9 Å². The summed E-state index contributed by atoms with van der Waals surface area (Å²) in [5.41, 5.74) is 1.65. The van der Waals surface area contributed by atoms with Crippen LogP contribution in [0.4, 0.5) is 30.5 Å². The number of benzene rings is 2. The van der Waals surface area contributed by atoms with E-state index in [1.165, 1.54) is 0 Å². The number of amides is 2. The predicted molar refractivity (Wildman–Crippen MR) is 178 cm³/mol. The number of alkyl halides is 3. The first-order valence-electron chi connectivity index (χ1n) is 15.7. The molecular weight excluding hydrogens is 656 g/mol. The van der Waals surface area contributed by atoms with Crippen LogP contribution in [0.2, 0.25) is 10.0 Å². The molecule has 0 spiro atoms. The molecule has 1 saturated heterocycles. The highest BCUT2D eigenvalue weighted by Gasteiger charge is 2.42. The van der Waals surface area contributed by atoms with Crippen LogP contribution in [-0.2, 0) is 18.4 Å². The second kappa shape index (κ2) is 13.0. The maximum Gasteiger partial charge on any atom is 0.391 e. The Labute approximate surface area is 282 Å². The summed E-state index contributed by atoms with van der Waals surface area (Å²) in [5, 5.41) is 20.4. The van der Waals surface area contributed by atoms with Crippen LogP contribution < -0.4 is 20.9 Å². The summed E-state index contributed by atoms with van der Waals surface area (Å²) in [7, 11) is 1.80. The number of carbonyl (C=O) groups excluding carboxylic acids is 2. The summed E-state index contributed by atoms with van der Waals surface area (Å²) in [6.45, 7) is 8.22. The van der Waals surface area contributed by atoms with Crippen LogP contribution in [0.3, 0.4) is 0 Å². The van der Waals surface area contributed by atoms with Gasteiger partial charge >= 0.3 is 6.18 Å². The van der Waals surface area contributed by atoms with Crippen molar-refractivity contribution in [2.75, 3.05) is 23.3 Å². The normalized spacial score (nSPS) is 22.1. The number of hydrogen-bond donors (Lipinski definition) is 4. The molecule has 1 aromatic heterocycles. The van der Waals surface area contributed by atoms with Crippen LogP contribution >= 0.6 is 23.2 Å². The minimum absolute atomic E-state index is 0.0279. The van der Waals surface area contributed by atoms with Crippen molar-refractivity contribution in [2.45, 2.75) is 84.2 Å². The average Bonchev–Trinajstić information content (AvgIpc) is 3.50. The molecule has 9 nitrogen and oxygen atoms in total. The summed E-state index contributed by atoms with van der Waals surface area (Å²) < 4.78 is 41.4. The molecule has 0 bridgehead atoms. The Morgan fingerprint density at radius 2 is 1.79 bits per heavy atom. The fraction of sp³-hybridized carbons (Fsp3) is 0.545. The molecule has 1 atom stereocenters. The number of rotatable bonds is 7. The Bertz CT molecular complexity index is 1680. The van der Waals surface area contributed by atoms with Crippen LogP contribution in [0.25, 0.3) is 11.0 Å². The fourth-order valence-corrected chi connectivity index (χ4v) is 6.69. The van der Waals surface area contributed by atoms with E-state index in [4.69, 9.17) is 28.2 Å². The van der Waals surface area contributed by atoms with Crippen LogP contribution in [0.15, 0.2) is 24.3 Å². The standard InChI is InChI=1S/C33H41Cl2F3N6O3/c1-31(2,3)29(46)39-16-18-6-11-22(34)27(26(18)35)42-30-41-23-14-21(28(45)40-20-9-7-19(8-10-20)33(36,37)38)24(15-25(23)43(30)5)44-13-12-32(4,47)17-44/h6,11,14-15,19-20,47H,7-10,12-13,16-17H2,1-5H3,(H,39,46)(H,40,45)(H,41,42). The largest absolute Gasteiger partial charge is 0.391 e. The minimum Gasteiger partial charge on any atom is -0.388 e. The molecule has 1 aliphatic carbocycles. The lowest BCUT2D eigenvalue weighted by atomic mass is 9.85. The topological polar surface area (TPSA) is 112 Å². The van der Waals surface area contributed by atoms with Gasteiger partial charge in [0.05, 0.1) is 49.5 Å². The Kier molecular flexibility index (Phi) is 9.71. The zero-order chi connectivity index (χ0) is 34.5. The van der Waals surface area contributed by atoms with E-state index in [0.29, 0.717) is 69.0 Å². The first-order valence-corrected chi connectivity index (χ1v) is 16.5. The number of aliphatic hydroxyl groups is 1. The third kappa shape index (κ3) is 7.76. The van der Waals surface area contributed by atoms with Gasteiger partial charge in [-0.05, 0) is 62.8 Å². The van der Waals surface area contributed by atoms with Gasteiger partial charge < -0.3 is 30.5 Å². The zero-order valence-electron chi connectivity index (χ0n) is 27.1. The van der Waals surface area contributed by atoms with Gasteiger partial charge in [-0.1, -0.05) is 50.0 Å². The van der Waals surface area contributed by atoms with Gasteiger partial charge in [-0.3, -0.25) is 9.59 Å². The Morgan fingerprint density at radius 3 is 2.38 bits per heavy atom. The molecule has 4 N–H and O–H groups in total. The van der Waals surface area contributed by atoms with Gasteiger partial charge in [0.25, 0.3) is 5.91 Å². The summed E-state index contributed by atoms with van der Waals surface area (Å²) in [4.78, 5) is 32.8. The highest BCUT2D eigenvalue weighted by Crippen LogP contribution is 2.39. The molecule has 1 aliphatic heterocycles. The number of fused-ring (bicyclic) bond motifs is 1. The van der Waals surface area contributed by atoms with Crippen molar-refractivity contribution in [3.63, 3.8) is 0 Å². The third-order valence-electron chi connectivity index (χ3n) is 9.09. The van der Waals surface area contributed by atoms with Gasteiger partial charge in [0, 0.05) is 38.1 Å². The SMILES string of the molecule is Cn1c(Nc2c(Cl)ccc(CNC(=O)C(C)(C)C)c2Cl)nc2cc(C(=O)NC3CCC(C(F)(F)F)CC3)c(N3CCC(C)(O)C3)cc21. The molecule has 3 aromatic rings. The van der Waals surface area contributed by atoms with E-state index in [9.17, 15) is 27.9 Å². The predicted octanol–water partition coefficient (Wildman–Crippen LogP) is 7.10. The number of carbonyl (C=O) groups is 2. The van der Waals surface area contributed by atoms with Crippen molar-refractivity contribution >= 4 is 63.4 Å². The molecular formula is C33H41Cl2F3N6O3. The molecule has 256 valence electrons. The summed E-state index contributed by atoms with van der Waals surface area (Å²) in [6, 6.07) is 6.55. The molecule has 1 saturated carbocycles. The van der Waals surface area contributed by atoms with Gasteiger partial charge in [-0.15, -0.1) is 0 Å². The summed E-state index contributed by atoms with van der Waals surface area (Å²) >= 11 is 13.3. The van der Waals surface area contributed by atoms with Crippen LogP contribution in [-0.4, -0.2) is 57.4 Å². The molecule has 14 heteroatoms. The maximum absolute atomic E-state index is 13.7. The van der Waals surface area contributed by atoms with E-state index in [2.05, 4.69) is 16.0 Å². The smallest absolute Gasteiger partial charge is 0.388 e. The quantitative estimate of drug-likeness (QED) is 0.210. The molecule has 1 unspecified atom stereocenters. The molecule has 2 heterocycles. The van der Waals surface area contributed by atoms with Crippen molar-refractivity contribution in [3.8, 4) is 0 Å². The minimum atomic E-state index is -4.23. The van der Waals surface area contributed by atoms with Crippen molar-refractivity contribution in [1.82, 2.24) is 20.2 Å². The Balaban J connectivity index is 1.45. The summed E-state index contributed by atoms with van der Waals surface area (Å²) in [6.07, 6.45) is -3.30. The molecule has 2 aliphatic rings. The first-order chi connectivity index (χ1) is 21.8.